The zero-order valence-electron chi connectivity index (χ0n) is 26.7. The SMILES string of the molecule is CC(C)[Si](O[C@H]1C[C@H](Nc2ncncc2C(=O)c2cc([C@@H](O)c3cccc(Cl)c3)c(Cl)s2)C[C@@H]1COS(N)(=O)=O)(C(C)C)C(C)C. The van der Waals surface area contributed by atoms with Gasteiger partial charge in [0.15, 0.2) is 0 Å². The maximum absolute atomic E-state index is 13.8. The van der Waals surface area contributed by atoms with E-state index in [1.807, 2.05) is 0 Å². The molecule has 46 heavy (non-hydrogen) atoms. The van der Waals surface area contributed by atoms with Crippen LogP contribution in [0.1, 0.15) is 86.9 Å². The normalized spacial score (nSPS) is 19.7. The summed E-state index contributed by atoms with van der Waals surface area (Å²) in [4.78, 5) is 22.6. The van der Waals surface area contributed by atoms with Crippen LogP contribution in [0.4, 0.5) is 5.82 Å². The Labute approximate surface area is 286 Å². The van der Waals surface area contributed by atoms with Crippen LogP contribution in [-0.2, 0) is 18.9 Å². The molecule has 3 aromatic rings. The molecule has 0 unspecified atom stereocenters. The van der Waals surface area contributed by atoms with E-state index in [1.165, 1.54) is 12.5 Å². The lowest BCUT2D eigenvalue weighted by Crippen LogP contribution is -2.51. The maximum atomic E-state index is 13.8. The number of anilines is 1. The lowest BCUT2D eigenvalue weighted by molar-refractivity contribution is 0.103. The number of carbonyl (C=O) groups excluding carboxylic acids is 1. The van der Waals surface area contributed by atoms with E-state index in [1.54, 1.807) is 30.3 Å². The van der Waals surface area contributed by atoms with Crippen molar-refractivity contribution in [2.24, 2.45) is 11.1 Å². The Morgan fingerprint density at radius 2 is 1.80 bits per heavy atom. The van der Waals surface area contributed by atoms with E-state index in [2.05, 4.69) is 56.8 Å². The molecule has 4 rings (SSSR count). The van der Waals surface area contributed by atoms with Gasteiger partial charge in [-0.25, -0.2) is 15.1 Å². The summed E-state index contributed by atoms with van der Waals surface area (Å²) in [5.41, 5.74) is 2.16. The molecular formula is C31H42Cl2N4O6S2Si. The predicted octanol–water partition coefficient (Wildman–Crippen LogP) is 7.13. The van der Waals surface area contributed by atoms with Crippen LogP contribution in [0.3, 0.4) is 0 Å². The third kappa shape index (κ3) is 8.37. The van der Waals surface area contributed by atoms with Gasteiger partial charge in [-0.3, -0.25) is 8.98 Å². The fourth-order valence-corrected chi connectivity index (χ4v) is 14.3. The van der Waals surface area contributed by atoms with Crippen LogP contribution in [0.5, 0.6) is 0 Å². The Morgan fingerprint density at radius 3 is 2.41 bits per heavy atom. The fourth-order valence-electron chi connectivity index (χ4n) is 6.85. The number of halogens is 2. The molecule has 1 aromatic carbocycles. The van der Waals surface area contributed by atoms with E-state index in [-0.39, 0.29) is 40.4 Å². The average molecular weight is 730 g/mol. The highest BCUT2D eigenvalue weighted by Crippen LogP contribution is 2.46. The summed E-state index contributed by atoms with van der Waals surface area (Å²) >= 11 is 13.7. The van der Waals surface area contributed by atoms with Gasteiger partial charge in [-0.2, -0.15) is 8.42 Å². The number of nitrogens with one attached hydrogen (secondary N) is 1. The molecule has 0 radical (unpaired) electrons. The van der Waals surface area contributed by atoms with Crippen LogP contribution in [0.15, 0.2) is 42.9 Å². The van der Waals surface area contributed by atoms with Crippen molar-refractivity contribution < 1.29 is 26.9 Å². The van der Waals surface area contributed by atoms with Crippen molar-refractivity contribution in [3.63, 3.8) is 0 Å². The van der Waals surface area contributed by atoms with Crippen LogP contribution >= 0.6 is 34.5 Å². The Morgan fingerprint density at radius 1 is 1.13 bits per heavy atom. The number of aliphatic hydroxyl groups excluding tert-OH is 1. The van der Waals surface area contributed by atoms with Crippen molar-refractivity contribution in [3.8, 4) is 0 Å². The molecule has 0 bridgehead atoms. The van der Waals surface area contributed by atoms with Crippen molar-refractivity contribution in [2.45, 2.75) is 89.3 Å². The van der Waals surface area contributed by atoms with E-state index < -0.39 is 24.7 Å². The number of rotatable bonds is 14. The second-order valence-corrected chi connectivity index (χ2v) is 21.5. The molecule has 1 aliphatic carbocycles. The number of aliphatic hydroxyl groups is 1. The Kier molecular flexibility index (Phi) is 12.1. The molecule has 2 aromatic heterocycles. The summed E-state index contributed by atoms with van der Waals surface area (Å²) in [6, 6.07) is 8.18. The summed E-state index contributed by atoms with van der Waals surface area (Å²) in [7, 11) is -6.47. The average Bonchev–Trinajstić information content (AvgIpc) is 3.55. The van der Waals surface area contributed by atoms with Gasteiger partial charge in [0.25, 0.3) is 0 Å². The highest BCUT2D eigenvalue weighted by atomic mass is 35.5. The minimum absolute atomic E-state index is 0.110. The van der Waals surface area contributed by atoms with E-state index in [4.69, 9.17) is 36.9 Å². The van der Waals surface area contributed by atoms with Gasteiger partial charge in [0.05, 0.1) is 27.5 Å². The van der Waals surface area contributed by atoms with Gasteiger partial charge < -0.3 is 14.8 Å². The maximum Gasteiger partial charge on any atom is 0.333 e. The van der Waals surface area contributed by atoms with Gasteiger partial charge in [-0.15, -0.1) is 11.3 Å². The quantitative estimate of drug-likeness (QED) is 0.116. The van der Waals surface area contributed by atoms with Gasteiger partial charge in [-0.05, 0) is 53.2 Å². The molecule has 2 heterocycles. The summed E-state index contributed by atoms with van der Waals surface area (Å²) in [5.74, 6) is -0.282. The number of thiophene rings is 1. The molecule has 0 aliphatic heterocycles. The summed E-state index contributed by atoms with van der Waals surface area (Å²) in [6.45, 7) is 13.1. The molecule has 0 amide bonds. The third-order valence-corrected chi connectivity index (χ3v) is 17.0. The molecule has 1 aliphatic rings. The van der Waals surface area contributed by atoms with Crippen LogP contribution in [0.2, 0.25) is 26.0 Å². The molecule has 1 saturated carbocycles. The molecule has 4 atom stereocenters. The number of ketones is 1. The van der Waals surface area contributed by atoms with Gasteiger partial charge >= 0.3 is 10.3 Å². The molecular weight excluding hydrogens is 687 g/mol. The van der Waals surface area contributed by atoms with E-state index >= 15 is 0 Å². The van der Waals surface area contributed by atoms with Gasteiger partial charge in [-0.1, -0.05) is 76.9 Å². The van der Waals surface area contributed by atoms with Crippen molar-refractivity contribution in [1.29, 1.82) is 0 Å². The molecule has 0 spiro atoms. The number of hydrogen-bond donors (Lipinski definition) is 3. The summed E-state index contributed by atoms with van der Waals surface area (Å²) in [5, 5.41) is 20.0. The van der Waals surface area contributed by atoms with E-state index in [0.717, 1.165) is 11.3 Å². The fraction of sp³-hybridized carbons (Fsp3) is 0.516. The first-order valence-corrected chi connectivity index (χ1v) is 20.4. The minimum Gasteiger partial charge on any atom is -0.413 e. The number of carbonyl (C=O) groups is 1. The number of benzene rings is 1. The standard InChI is InChI=1S/C31H42Cl2N4O6S2Si/c1-17(2)46(18(3)4,19(5)6)43-26-12-23(11-21(26)15-42-45(34,40)41)37-31-25(14-35-16-36-31)29(39)27-13-24(30(33)44-27)28(38)20-8-7-9-22(32)10-20/h7-10,13-14,16-19,21,23,26,28,38H,11-12,15H2,1-6H3,(H2,34,40,41)(H,35,36,37)/t21-,23-,26+,28+/m1/s1. The number of aromatic nitrogens is 2. The number of hydrogen-bond acceptors (Lipinski definition) is 10. The first-order valence-electron chi connectivity index (χ1n) is 15.2. The summed E-state index contributed by atoms with van der Waals surface area (Å²) < 4.78 is 35.9. The van der Waals surface area contributed by atoms with Crippen LogP contribution in [-0.4, -0.2) is 56.3 Å². The lowest BCUT2D eigenvalue weighted by atomic mass is 10.0. The topological polar surface area (TPSA) is 154 Å². The van der Waals surface area contributed by atoms with Crippen LogP contribution in [0.25, 0.3) is 0 Å². The van der Waals surface area contributed by atoms with Gasteiger partial charge in [0.1, 0.15) is 18.2 Å². The zero-order chi connectivity index (χ0) is 34.0. The lowest BCUT2D eigenvalue weighted by Gasteiger charge is -2.45. The Balaban J connectivity index is 1.59. The van der Waals surface area contributed by atoms with Crippen molar-refractivity contribution in [1.82, 2.24) is 9.97 Å². The first-order chi connectivity index (χ1) is 21.5. The molecule has 10 nitrogen and oxygen atoms in total. The second kappa shape index (κ2) is 15.1. The van der Waals surface area contributed by atoms with Gasteiger partial charge in [0, 0.05) is 28.7 Å². The Hall–Kier alpha value is -1.94. The zero-order valence-corrected chi connectivity index (χ0v) is 30.9. The number of nitrogens with zero attached hydrogens (tertiary/aromatic N) is 2. The molecule has 4 N–H and O–H groups in total. The van der Waals surface area contributed by atoms with Crippen molar-refractivity contribution >= 4 is 64.8 Å². The minimum atomic E-state index is -4.14. The first kappa shape index (κ1) is 36.9. The summed E-state index contributed by atoms with van der Waals surface area (Å²) in [6.07, 6.45) is 2.50. The molecule has 15 heteroatoms. The monoisotopic (exact) mass is 728 g/mol. The third-order valence-electron chi connectivity index (χ3n) is 8.83. The number of nitrogens with two attached hydrogens (primary N) is 1. The molecule has 0 saturated heterocycles. The molecule has 252 valence electrons. The largest absolute Gasteiger partial charge is 0.413 e. The highest BCUT2D eigenvalue weighted by Gasteiger charge is 2.49. The van der Waals surface area contributed by atoms with Crippen molar-refractivity contribution in [3.05, 3.63) is 73.8 Å². The van der Waals surface area contributed by atoms with E-state index in [0.29, 0.717) is 56.3 Å². The second-order valence-electron chi connectivity index (χ2n) is 12.7. The van der Waals surface area contributed by atoms with Crippen molar-refractivity contribution in [2.75, 3.05) is 11.9 Å². The van der Waals surface area contributed by atoms with Crippen LogP contribution in [0, 0.1) is 5.92 Å². The highest BCUT2D eigenvalue weighted by molar-refractivity contribution is 7.84. The predicted molar refractivity (Wildman–Crippen MR) is 185 cm³/mol. The van der Waals surface area contributed by atoms with Crippen LogP contribution < -0.4 is 10.5 Å². The molecule has 1 fully saturated rings. The Bertz CT molecular complexity index is 1620. The smallest absolute Gasteiger partial charge is 0.333 e. The van der Waals surface area contributed by atoms with E-state index in [9.17, 15) is 18.3 Å². The van der Waals surface area contributed by atoms with Gasteiger partial charge in [0.2, 0.25) is 14.1 Å².